The van der Waals surface area contributed by atoms with Gasteiger partial charge in [-0.15, -0.1) is 0 Å². The van der Waals surface area contributed by atoms with Crippen molar-refractivity contribution in [3.63, 3.8) is 0 Å². The number of carbonyl (C=O) groups excluding carboxylic acids is 2. The van der Waals surface area contributed by atoms with Crippen LogP contribution in [0.2, 0.25) is 0 Å². The molecule has 1 aromatic rings. The number of benzene rings is 1. The zero-order chi connectivity index (χ0) is 16.3. The molecular formula is C18H22N2O3. The lowest BCUT2D eigenvalue weighted by Crippen LogP contribution is -2.52. The predicted octanol–water partition coefficient (Wildman–Crippen LogP) is 2.60. The van der Waals surface area contributed by atoms with Crippen LogP contribution in [0.5, 0.6) is 0 Å². The molecule has 2 aliphatic rings. The van der Waals surface area contributed by atoms with Crippen LogP contribution in [0.25, 0.3) is 0 Å². The molecule has 0 aromatic heterocycles. The third kappa shape index (κ3) is 3.45. The molecule has 1 spiro atoms. The van der Waals surface area contributed by atoms with E-state index >= 15 is 0 Å². The van der Waals surface area contributed by atoms with E-state index < -0.39 is 0 Å². The standard InChI is InChI=1S/C18H22N2O3/c1-2-16(21)19-15-7-5-6-14(12-15)17(22)20-10-11-23-18(13-20)8-3-4-9-18/h2,5-7,12H,1,3-4,8-11,13H2,(H,19,21). The molecular weight excluding hydrogens is 292 g/mol. The van der Waals surface area contributed by atoms with Crippen LogP contribution in [-0.2, 0) is 9.53 Å². The number of hydrogen-bond acceptors (Lipinski definition) is 3. The molecule has 1 saturated carbocycles. The summed E-state index contributed by atoms with van der Waals surface area (Å²) in [4.78, 5) is 26.1. The van der Waals surface area contributed by atoms with Crippen molar-refractivity contribution in [3.05, 3.63) is 42.5 Å². The van der Waals surface area contributed by atoms with E-state index in [1.54, 1.807) is 24.3 Å². The Morgan fingerprint density at radius 1 is 1.30 bits per heavy atom. The molecule has 2 amide bonds. The van der Waals surface area contributed by atoms with Crippen LogP contribution in [0.3, 0.4) is 0 Å². The lowest BCUT2D eigenvalue weighted by Gasteiger charge is -2.40. The first-order valence-electron chi connectivity index (χ1n) is 8.09. The van der Waals surface area contributed by atoms with Gasteiger partial charge in [-0.05, 0) is 37.1 Å². The molecule has 2 fully saturated rings. The van der Waals surface area contributed by atoms with Crippen LogP contribution >= 0.6 is 0 Å². The van der Waals surface area contributed by atoms with Gasteiger partial charge in [-0.25, -0.2) is 0 Å². The number of ether oxygens (including phenoxy) is 1. The van der Waals surface area contributed by atoms with Gasteiger partial charge in [0.25, 0.3) is 5.91 Å². The van der Waals surface area contributed by atoms with Crippen LogP contribution in [0.15, 0.2) is 36.9 Å². The highest BCUT2D eigenvalue weighted by Crippen LogP contribution is 2.36. The summed E-state index contributed by atoms with van der Waals surface area (Å²) in [5, 5.41) is 2.69. The molecule has 122 valence electrons. The maximum atomic E-state index is 12.8. The maximum absolute atomic E-state index is 12.8. The third-order valence-electron chi connectivity index (χ3n) is 4.61. The van der Waals surface area contributed by atoms with Crippen LogP contribution in [-0.4, -0.2) is 42.0 Å². The zero-order valence-electron chi connectivity index (χ0n) is 13.2. The Morgan fingerprint density at radius 2 is 2.09 bits per heavy atom. The van der Waals surface area contributed by atoms with E-state index in [0.29, 0.717) is 30.9 Å². The Hall–Kier alpha value is -2.14. The van der Waals surface area contributed by atoms with Gasteiger partial charge in [-0.3, -0.25) is 9.59 Å². The summed E-state index contributed by atoms with van der Waals surface area (Å²) < 4.78 is 5.97. The quantitative estimate of drug-likeness (QED) is 0.873. The van der Waals surface area contributed by atoms with Gasteiger partial charge in [0, 0.05) is 17.8 Å². The second-order valence-corrected chi connectivity index (χ2v) is 6.24. The third-order valence-corrected chi connectivity index (χ3v) is 4.61. The fraction of sp³-hybridized carbons (Fsp3) is 0.444. The molecule has 5 nitrogen and oxygen atoms in total. The van der Waals surface area contributed by atoms with E-state index in [1.807, 2.05) is 4.90 Å². The van der Waals surface area contributed by atoms with Crippen molar-refractivity contribution in [1.29, 1.82) is 0 Å². The van der Waals surface area contributed by atoms with E-state index in [2.05, 4.69) is 11.9 Å². The molecule has 23 heavy (non-hydrogen) atoms. The van der Waals surface area contributed by atoms with E-state index in [-0.39, 0.29) is 17.4 Å². The fourth-order valence-corrected chi connectivity index (χ4v) is 3.45. The van der Waals surface area contributed by atoms with Crippen LogP contribution < -0.4 is 5.32 Å². The number of morpholine rings is 1. The first-order valence-corrected chi connectivity index (χ1v) is 8.09. The normalized spacial score (nSPS) is 19.6. The Kier molecular flexibility index (Phi) is 4.48. The second kappa shape index (κ2) is 6.54. The lowest BCUT2D eigenvalue weighted by molar-refractivity contribution is -0.111. The average molecular weight is 314 g/mol. The van der Waals surface area contributed by atoms with Crippen molar-refractivity contribution < 1.29 is 14.3 Å². The van der Waals surface area contributed by atoms with E-state index in [0.717, 1.165) is 12.8 Å². The molecule has 0 radical (unpaired) electrons. The summed E-state index contributed by atoms with van der Waals surface area (Å²) in [6, 6.07) is 7.02. The zero-order valence-corrected chi connectivity index (χ0v) is 13.2. The van der Waals surface area contributed by atoms with Crippen LogP contribution in [0, 0.1) is 0 Å². The summed E-state index contributed by atoms with van der Waals surface area (Å²) in [7, 11) is 0. The van der Waals surface area contributed by atoms with Crippen molar-refractivity contribution in [3.8, 4) is 0 Å². The van der Waals surface area contributed by atoms with Gasteiger partial charge in [-0.1, -0.05) is 25.5 Å². The summed E-state index contributed by atoms with van der Waals surface area (Å²) in [6.45, 7) is 5.30. The molecule has 1 aliphatic heterocycles. The molecule has 1 saturated heterocycles. The molecule has 1 heterocycles. The molecule has 0 bridgehead atoms. The van der Waals surface area contributed by atoms with Gasteiger partial charge in [-0.2, -0.15) is 0 Å². The minimum atomic E-state index is -0.286. The number of hydrogen-bond donors (Lipinski definition) is 1. The Labute approximate surface area is 136 Å². The highest BCUT2D eigenvalue weighted by atomic mass is 16.5. The molecule has 0 unspecified atom stereocenters. The minimum absolute atomic E-state index is 0.00530. The summed E-state index contributed by atoms with van der Waals surface area (Å²) >= 11 is 0. The number of carbonyl (C=O) groups is 2. The van der Waals surface area contributed by atoms with Crippen molar-refractivity contribution in [2.24, 2.45) is 0 Å². The van der Waals surface area contributed by atoms with E-state index in [4.69, 9.17) is 4.74 Å². The van der Waals surface area contributed by atoms with E-state index in [9.17, 15) is 9.59 Å². The van der Waals surface area contributed by atoms with Crippen LogP contribution in [0.4, 0.5) is 5.69 Å². The molecule has 1 N–H and O–H groups in total. The van der Waals surface area contributed by atoms with Gasteiger partial charge in [0.1, 0.15) is 0 Å². The van der Waals surface area contributed by atoms with Crippen molar-refractivity contribution >= 4 is 17.5 Å². The lowest BCUT2D eigenvalue weighted by atomic mass is 9.99. The van der Waals surface area contributed by atoms with E-state index in [1.165, 1.54) is 18.9 Å². The summed E-state index contributed by atoms with van der Waals surface area (Å²) in [5.41, 5.74) is 1.05. The first kappa shape index (κ1) is 15.7. The van der Waals surface area contributed by atoms with Crippen molar-refractivity contribution in [2.45, 2.75) is 31.3 Å². The smallest absolute Gasteiger partial charge is 0.254 e. The SMILES string of the molecule is C=CC(=O)Nc1cccc(C(=O)N2CCOC3(CCCC3)C2)c1. The highest BCUT2D eigenvalue weighted by molar-refractivity contribution is 6.00. The molecule has 1 aromatic carbocycles. The Bertz CT molecular complexity index is 620. The predicted molar refractivity (Wildman–Crippen MR) is 88.3 cm³/mol. The van der Waals surface area contributed by atoms with Crippen molar-refractivity contribution in [2.75, 3.05) is 25.0 Å². The van der Waals surface area contributed by atoms with Gasteiger partial charge in [0.2, 0.25) is 5.91 Å². The number of rotatable bonds is 3. The fourth-order valence-electron chi connectivity index (χ4n) is 3.45. The van der Waals surface area contributed by atoms with Crippen LogP contribution in [0.1, 0.15) is 36.0 Å². The monoisotopic (exact) mass is 314 g/mol. The highest BCUT2D eigenvalue weighted by Gasteiger charge is 2.40. The Morgan fingerprint density at radius 3 is 2.83 bits per heavy atom. The summed E-state index contributed by atoms with van der Waals surface area (Å²) in [6.07, 6.45) is 5.62. The van der Waals surface area contributed by atoms with Gasteiger partial charge < -0.3 is 15.0 Å². The second-order valence-electron chi connectivity index (χ2n) is 6.24. The molecule has 3 rings (SSSR count). The molecule has 5 heteroatoms. The number of anilines is 1. The topological polar surface area (TPSA) is 58.6 Å². The minimum Gasteiger partial charge on any atom is -0.371 e. The molecule has 1 aliphatic carbocycles. The number of nitrogens with one attached hydrogen (secondary N) is 1. The summed E-state index contributed by atoms with van der Waals surface area (Å²) in [5.74, 6) is -0.292. The first-order chi connectivity index (χ1) is 11.1. The van der Waals surface area contributed by atoms with Gasteiger partial charge >= 0.3 is 0 Å². The van der Waals surface area contributed by atoms with Gasteiger partial charge in [0.15, 0.2) is 0 Å². The van der Waals surface area contributed by atoms with Crippen molar-refractivity contribution in [1.82, 2.24) is 4.90 Å². The number of amides is 2. The Balaban J connectivity index is 1.73. The van der Waals surface area contributed by atoms with Gasteiger partial charge in [0.05, 0.1) is 18.8 Å². The molecule has 0 atom stereocenters. The maximum Gasteiger partial charge on any atom is 0.254 e. The average Bonchev–Trinajstić information content (AvgIpc) is 3.02. The number of nitrogens with zero attached hydrogens (tertiary/aromatic N) is 1. The largest absolute Gasteiger partial charge is 0.371 e.